The Morgan fingerprint density at radius 3 is 2.85 bits per heavy atom. The number of phenols is 1. The lowest BCUT2D eigenvalue weighted by Crippen LogP contribution is -1.79. The van der Waals surface area contributed by atoms with E-state index in [1.807, 2.05) is 13.0 Å². The van der Waals surface area contributed by atoms with Gasteiger partial charge in [-0.2, -0.15) is 0 Å². The van der Waals surface area contributed by atoms with Crippen LogP contribution in [0.1, 0.15) is 15.2 Å². The van der Waals surface area contributed by atoms with Crippen molar-refractivity contribution in [2.45, 2.75) is 6.92 Å². The van der Waals surface area contributed by atoms with Gasteiger partial charge in [-0.15, -0.1) is 11.3 Å². The van der Waals surface area contributed by atoms with E-state index in [-0.39, 0.29) is 5.75 Å². The van der Waals surface area contributed by atoms with Gasteiger partial charge in [-0.3, -0.25) is 4.79 Å². The Kier molecular flexibility index (Phi) is 1.81. The Balaban J connectivity index is 2.88. The Bertz CT molecular complexity index is 471. The lowest BCUT2D eigenvalue weighted by molar-refractivity contribution is 0.112. The molecule has 0 spiro atoms. The fourth-order valence-electron chi connectivity index (χ4n) is 1.38. The van der Waals surface area contributed by atoms with E-state index in [0.29, 0.717) is 5.56 Å². The first kappa shape index (κ1) is 8.26. The normalized spacial score (nSPS) is 10.5. The standard InChI is InChI=1S/C10H8O2S/c1-6-2-9-7(5-11)3-8(12)4-10(9)13-6/h2-5,12H,1H3. The molecule has 0 aliphatic carbocycles. The molecule has 0 saturated carbocycles. The fourth-order valence-corrected chi connectivity index (χ4v) is 2.37. The highest BCUT2D eigenvalue weighted by atomic mass is 32.1. The highest BCUT2D eigenvalue weighted by molar-refractivity contribution is 7.19. The highest BCUT2D eigenvalue weighted by Gasteiger charge is 2.05. The van der Waals surface area contributed by atoms with Gasteiger partial charge in [0.2, 0.25) is 0 Å². The summed E-state index contributed by atoms with van der Waals surface area (Å²) in [6, 6.07) is 5.13. The van der Waals surface area contributed by atoms with Gasteiger partial charge < -0.3 is 5.11 Å². The number of rotatable bonds is 1. The molecule has 2 aromatic rings. The predicted molar refractivity (Wildman–Crippen MR) is 53.6 cm³/mol. The largest absolute Gasteiger partial charge is 0.508 e. The maximum atomic E-state index is 10.7. The third-order valence-corrected chi connectivity index (χ3v) is 2.90. The first-order valence-corrected chi connectivity index (χ1v) is 4.70. The third-order valence-electron chi connectivity index (χ3n) is 1.90. The summed E-state index contributed by atoms with van der Waals surface area (Å²) in [6.45, 7) is 1.98. The molecule has 0 aliphatic rings. The Hall–Kier alpha value is -1.35. The molecule has 13 heavy (non-hydrogen) atoms. The molecule has 0 saturated heterocycles. The summed E-state index contributed by atoms with van der Waals surface area (Å²) < 4.78 is 0.958. The van der Waals surface area contributed by atoms with Crippen LogP contribution in [0.5, 0.6) is 5.75 Å². The van der Waals surface area contributed by atoms with Crippen LogP contribution in [0, 0.1) is 6.92 Å². The van der Waals surface area contributed by atoms with Gasteiger partial charge in [0.25, 0.3) is 0 Å². The second-order valence-electron chi connectivity index (χ2n) is 2.92. The van der Waals surface area contributed by atoms with E-state index >= 15 is 0 Å². The lowest BCUT2D eigenvalue weighted by Gasteiger charge is -1.95. The van der Waals surface area contributed by atoms with Gasteiger partial charge in [0, 0.05) is 20.5 Å². The maximum Gasteiger partial charge on any atom is 0.150 e. The van der Waals surface area contributed by atoms with E-state index in [0.717, 1.165) is 21.2 Å². The van der Waals surface area contributed by atoms with E-state index in [9.17, 15) is 9.90 Å². The zero-order chi connectivity index (χ0) is 9.42. The van der Waals surface area contributed by atoms with Crippen molar-refractivity contribution in [3.63, 3.8) is 0 Å². The molecule has 0 radical (unpaired) electrons. The van der Waals surface area contributed by atoms with E-state index in [1.165, 1.54) is 6.07 Å². The predicted octanol–water partition coefficient (Wildman–Crippen LogP) is 2.73. The van der Waals surface area contributed by atoms with Crippen molar-refractivity contribution in [3.8, 4) is 5.75 Å². The maximum absolute atomic E-state index is 10.7. The van der Waals surface area contributed by atoms with Crippen molar-refractivity contribution >= 4 is 27.7 Å². The molecular formula is C10H8O2S. The Labute approximate surface area is 79.4 Å². The molecule has 1 N–H and O–H groups in total. The Morgan fingerprint density at radius 2 is 2.15 bits per heavy atom. The number of hydrogen-bond acceptors (Lipinski definition) is 3. The topological polar surface area (TPSA) is 37.3 Å². The summed E-state index contributed by atoms with van der Waals surface area (Å²) in [7, 11) is 0. The number of fused-ring (bicyclic) bond motifs is 1. The monoisotopic (exact) mass is 192 g/mol. The molecule has 0 aliphatic heterocycles. The molecular weight excluding hydrogens is 184 g/mol. The molecule has 0 bridgehead atoms. The number of phenolic OH excluding ortho intramolecular Hbond substituents is 1. The second-order valence-corrected chi connectivity index (χ2v) is 4.21. The molecule has 3 heteroatoms. The molecule has 0 fully saturated rings. The van der Waals surface area contributed by atoms with Gasteiger partial charge in [-0.05, 0) is 25.1 Å². The summed E-state index contributed by atoms with van der Waals surface area (Å²) in [6.07, 6.45) is 0.772. The van der Waals surface area contributed by atoms with Crippen LogP contribution in [0.15, 0.2) is 18.2 Å². The quantitative estimate of drug-likeness (QED) is 0.705. The average molecular weight is 192 g/mol. The Morgan fingerprint density at radius 1 is 1.38 bits per heavy atom. The highest BCUT2D eigenvalue weighted by Crippen LogP contribution is 2.30. The fraction of sp³-hybridized carbons (Fsp3) is 0.100. The molecule has 1 heterocycles. The number of aromatic hydroxyl groups is 1. The first-order valence-electron chi connectivity index (χ1n) is 3.89. The van der Waals surface area contributed by atoms with Crippen LogP contribution in [0.4, 0.5) is 0 Å². The summed E-state index contributed by atoms with van der Waals surface area (Å²) in [5, 5.41) is 10.2. The van der Waals surface area contributed by atoms with Gasteiger partial charge in [-0.1, -0.05) is 0 Å². The number of thiophene rings is 1. The summed E-state index contributed by atoms with van der Waals surface area (Å²) in [5.74, 6) is 0.149. The molecule has 0 unspecified atom stereocenters. The van der Waals surface area contributed by atoms with Crippen LogP contribution < -0.4 is 0 Å². The van der Waals surface area contributed by atoms with Crippen molar-refractivity contribution < 1.29 is 9.90 Å². The minimum Gasteiger partial charge on any atom is -0.508 e. The van der Waals surface area contributed by atoms with E-state index in [2.05, 4.69) is 0 Å². The minimum atomic E-state index is 0.149. The van der Waals surface area contributed by atoms with Crippen LogP contribution >= 0.6 is 11.3 Å². The van der Waals surface area contributed by atoms with Crippen LogP contribution in [0.2, 0.25) is 0 Å². The van der Waals surface area contributed by atoms with Crippen LogP contribution in [0.3, 0.4) is 0 Å². The molecule has 0 amide bonds. The third kappa shape index (κ3) is 1.31. The van der Waals surface area contributed by atoms with Gasteiger partial charge in [0.1, 0.15) is 5.75 Å². The number of aldehydes is 1. The van der Waals surface area contributed by atoms with Crippen molar-refractivity contribution in [1.29, 1.82) is 0 Å². The van der Waals surface area contributed by atoms with E-state index in [1.54, 1.807) is 17.4 Å². The number of carbonyl (C=O) groups is 1. The number of benzene rings is 1. The van der Waals surface area contributed by atoms with Gasteiger partial charge in [-0.25, -0.2) is 0 Å². The lowest BCUT2D eigenvalue weighted by atomic mass is 10.1. The average Bonchev–Trinajstić information content (AvgIpc) is 2.43. The number of hydrogen-bond donors (Lipinski definition) is 1. The van der Waals surface area contributed by atoms with E-state index < -0.39 is 0 Å². The minimum absolute atomic E-state index is 0.149. The molecule has 2 nitrogen and oxygen atoms in total. The molecule has 1 aromatic heterocycles. The number of carbonyl (C=O) groups excluding carboxylic acids is 1. The first-order chi connectivity index (χ1) is 6.20. The zero-order valence-electron chi connectivity index (χ0n) is 7.07. The zero-order valence-corrected chi connectivity index (χ0v) is 7.89. The SMILES string of the molecule is Cc1cc2c(C=O)cc(O)cc2s1. The van der Waals surface area contributed by atoms with Gasteiger partial charge in [0.05, 0.1) is 0 Å². The molecule has 0 atom stereocenters. The summed E-state index contributed by atoms with van der Waals surface area (Å²) in [4.78, 5) is 11.8. The van der Waals surface area contributed by atoms with Gasteiger partial charge in [0.15, 0.2) is 6.29 Å². The van der Waals surface area contributed by atoms with Gasteiger partial charge >= 0.3 is 0 Å². The van der Waals surface area contributed by atoms with Crippen LogP contribution in [-0.2, 0) is 0 Å². The molecule has 2 rings (SSSR count). The van der Waals surface area contributed by atoms with Crippen molar-refractivity contribution in [2.75, 3.05) is 0 Å². The number of aryl methyl sites for hydroxylation is 1. The molecule has 1 aromatic carbocycles. The van der Waals surface area contributed by atoms with Crippen LogP contribution in [0.25, 0.3) is 10.1 Å². The summed E-state index contributed by atoms with van der Waals surface area (Å²) in [5.41, 5.74) is 0.555. The van der Waals surface area contributed by atoms with Crippen LogP contribution in [-0.4, -0.2) is 11.4 Å². The van der Waals surface area contributed by atoms with Crippen molar-refractivity contribution in [3.05, 3.63) is 28.6 Å². The van der Waals surface area contributed by atoms with E-state index in [4.69, 9.17) is 0 Å². The summed E-state index contributed by atoms with van der Waals surface area (Å²) >= 11 is 1.58. The molecule has 66 valence electrons. The second kappa shape index (κ2) is 2.85. The van der Waals surface area contributed by atoms with Crippen molar-refractivity contribution in [2.24, 2.45) is 0 Å². The smallest absolute Gasteiger partial charge is 0.150 e. The van der Waals surface area contributed by atoms with Crippen molar-refractivity contribution in [1.82, 2.24) is 0 Å².